The first-order valence-corrected chi connectivity index (χ1v) is 3.33. The molecule has 0 aliphatic carbocycles. The fraction of sp³-hybridized carbons (Fsp3) is 1.00. The molecule has 0 rings (SSSR count). The summed E-state index contributed by atoms with van der Waals surface area (Å²) in [7, 11) is 4.08. The monoisotopic (exact) mass is 131 g/mol. The highest BCUT2D eigenvalue weighted by Crippen LogP contribution is 1.64. The van der Waals surface area contributed by atoms with Crippen LogP contribution in [-0.4, -0.2) is 38.9 Å². The van der Waals surface area contributed by atoms with Crippen LogP contribution in [0.5, 0.6) is 0 Å². The van der Waals surface area contributed by atoms with E-state index in [1.165, 1.54) is 0 Å². The van der Waals surface area contributed by atoms with E-state index in [2.05, 4.69) is 22.5 Å². The van der Waals surface area contributed by atoms with Crippen molar-refractivity contribution in [2.75, 3.05) is 34.0 Å². The molecule has 0 spiro atoms. The Labute approximate surface area is 57.4 Å². The number of rotatable bonds is 5. The zero-order chi connectivity index (χ0) is 7.11. The van der Waals surface area contributed by atoms with Gasteiger partial charge in [0.2, 0.25) is 0 Å². The van der Waals surface area contributed by atoms with Crippen molar-refractivity contribution in [3.63, 3.8) is 0 Å². The van der Waals surface area contributed by atoms with Crippen molar-refractivity contribution in [1.82, 2.24) is 15.5 Å². The fourth-order valence-corrected chi connectivity index (χ4v) is 0.493. The Morgan fingerprint density at radius 1 is 1.22 bits per heavy atom. The highest BCUT2D eigenvalue weighted by Gasteiger charge is 1.84. The van der Waals surface area contributed by atoms with Crippen LogP contribution in [0.3, 0.4) is 0 Å². The van der Waals surface area contributed by atoms with E-state index in [1.54, 1.807) is 0 Å². The minimum atomic E-state index is 0.898. The molecule has 3 heteroatoms. The molecule has 56 valence electrons. The van der Waals surface area contributed by atoms with Crippen molar-refractivity contribution < 1.29 is 0 Å². The van der Waals surface area contributed by atoms with E-state index in [0.717, 1.165) is 19.9 Å². The second kappa shape index (κ2) is 6.01. The molecule has 0 saturated carbocycles. The van der Waals surface area contributed by atoms with E-state index in [-0.39, 0.29) is 0 Å². The van der Waals surface area contributed by atoms with Crippen LogP contribution in [0.15, 0.2) is 0 Å². The number of hydrogen-bond acceptors (Lipinski definition) is 3. The molecule has 0 saturated heterocycles. The first-order valence-electron chi connectivity index (χ1n) is 3.33. The Morgan fingerprint density at radius 3 is 2.33 bits per heavy atom. The number of hydrogen-bond donors (Lipinski definition) is 2. The Hall–Kier alpha value is -0.120. The molecule has 0 aromatic heterocycles. The second-order valence-corrected chi connectivity index (χ2v) is 2.27. The van der Waals surface area contributed by atoms with Crippen molar-refractivity contribution in [2.45, 2.75) is 6.92 Å². The molecule has 0 aromatic rings. The zero-order valence-corrected chi connectivity index (χ0v) is 6.57. The molecule has 0 bridgehead atoms. The first kappa shape index (κ1) is 8.88. The highest BCUT2D eigenvalue weighted by atomic mass is 15.2. The lowest BCUT2D eigenvalue weighted by Crippen LogP contribution is -2.35. The number of nitrogens with one attached hydrogen (secondary N) is 2. The molecule has 0 aromatic carbocycles. The van der Waals surface area contributed by atoms with Gasteiger partial charge in [-0.1, -0.05) is 6.92 Å². The average molecular weight is 131 g/mol. The molecule has 0 aliphatic heterocycles. The normalized spacial score (nSPS) is 10.7. The summed E-state index contributed by atoms with van der Waals surface area (Å²) < 4.78 is 0. The van der Waals surface area contributed by atoms with Gasteiger partial charge < -0.3 is 5.32 Å². The standard InChI is InChI=1S/C6H17N3/c1-4-7-5-8-6-9(2)3/h7-8H,4-6H2,1-3H3. The summed E-state index contributed by atoms with van der Waals surface area (Å²) in [6.45, 7) is 4.96. The van der Waals surface area contributed by atoms with Crippen LogP contribution < -0.4 is 10.6 Å². The van der Waals surface area contributed by atoms with E-state index < -0.39 is 0 Å². The third kappa shape index (κ3) is 7.88. The topological polar surface area (TPSA) is 27.3 Å². The van der Waals surface area contributed by atoms with Crippen molar-refractivity contribution in [2.24, 2.45) is 0 Å². The van der Waals surface area contributed by atoms with Crippen LogP contribution in [0.1, 0.15) is 6.92 Å². The number of nitrogens with zero attached hydrogens (tertiary/aromatic N) is 1. The van der Waals surface area contributed by atoms with Crippen LogP contribution in [0.25, 0.3) is 0 Å². The lowest BCUT2D eigenvalue weighted by atomic mass is 10.7. The molecule has 0 heterocycles. The van der Waals surface area contributed by atoms with Gasteiger partial charge in [-0.3, -0.25) is 10.2 Å². The van der Waals surface area contributed by atoms with Crippen LogP contribution in [0.2, 0.25) is 0 Å². The lowest BCUT2D eigenvalue weighted by molar-refractivity contribution is 0.361. The smallest absolute Gasteiger partial charge is 0.0484 e. The summed E-state index contributed by atoms with van der Waals surface area (Å²) in [4.78, 5) is 2.09. The summed E-state index contributed by atoms with van der Waals surface area (Å²) in [5.41, 5.74) is 0. The molecule has 0 amide bonds. The molecular weight excluding hydrogens is 114 g/mol. The highest BCUT2D eigenvalue weighted by molar-refractivity contribution is 4.40. The maximum Gasteiger partial charge on any atom is 0.0484 e. The van der Waals surface area contributed by atoms with Gasteiger partial charge in [0.1, 0.15) is 0 Å². The van der Waals surface area contributed by atoms with Gasteiger partial charge in [-0.25, -0.2) is 0 Å². The Kier molecular flexibility index (Phi) is 5.93. The predicted molar refractivity (Wildman–Crippen MR) is 40.2 cm³/mol. The molecule has 3 nitrogen and oxygen atoms in total. The molecule has 0 fully saturated rings. The largest absolute Gasteiger partial charge is 0.305 e. The minimum Gasteiger partial charge on any atom is -0.305 e. The quantitative estimate of drug-likeness (QED) is 0.395. The van der Waals surface area contributed by atoms with Gasteiger partial charge in [0.15, 0.2) is 0 Å². The summed E-state index contributed by atoms with van der Waals surface area (Å²) in [6.07, 6.45) is 0. The molecule has 2 N–H and O–H groups in total. The third-order valence-electron chi connectivity index (χ3n) is 0.928. The van der Waals surface area contributed by atoms with Gasteiger partial charge in [-0.2, -0.15) is 0 Å². The van der Waals surface area contributed by atoms with Crippen molar-refractivity contribution in [3.05, 3.63) is 0 Å². The van der Waals surface area contributed by atoms with Crippen LogP contribution in [-0.2, 0) is 0 Å². The second-order valence-electron chi connectivity index (χ2n) is 2.27. The fourth-order valence-electron chi connectivity index (χ4n) is 0.493. The van der Waals surface area contributed by atoms with Gasteiger partial charge in [0.05, 0.1) is 0 Å². The van der Waals surface area contributed by atoms with Crippen molar-refractivity contribution in [1.29, 1.82) is 0 Å². The zero-order valence-electron chi connectivity index (χ0n) is 6.57. The van der Waals surface area contributed by atoms with Gasteiger partial charge in [-0.05, 0) is 20.6 Å². The lowest BCUT2D eigenvalue weighted by Gasteiger charge is -2.10. The molecule has 9 heavy (non-hydrogen) atoms. The van der Waals surface area contributed by atoms with Crippen molar-refractivity contribution >= 4 is 0 Å². The maximum atomic E-state index is 3.20. The van der Waals surface area contributed by atoms with Gasteiger partial charge in [0, 0.05) is 13.3 Å². The van der Waals surface area contributed by atoms with E-state index in [0.29, 0.717) is 0 Å². The van der Waals surface area contributed by atoms with E-state index in [1.807, 2.05) is 14.1 Å². The van der Waals surface area contributed by atoms with E-state index >= 15 is 0 Å². The Balaban J connectivity index is 2.75. The average Bonchev–Trinajstić information content (AvgIpc) is 1.80. The molecular formula is C6H17N3. The van der Waals surface area contributed by atoms with Gasteiger partial charge in [0.25, 0.3) is 0 Å². The maximum absolute atomic E-state index is 3.20. The summed E-state index contributed by atoms with van der Waals surface area (Å²) in [6, 6.07) is 0. The molecule has 0 aliphatic rings. The van der Waals surface area contributed by atoms with E-state index in [4.69, 9.17) is 0 Å². The Bertz CT molecular complexity index is 54.3. The molecule has 0 radical (unpaired) electrons. The van der Waals surface area contributed by atoms with Gasteiger partial charge in [-0.15, -0.1) is 0 Å². The van der Waals surface area contributed by atoms with E-state index in [9.17, 15) is 0 Å². The summed E-state index contributed by atoms with van der Waals surface area (Å²) in [5.74, 6) is 0. The summed E-state index contributed by atoms with van der Waals surface area (Å²) in [5, 5.41) is 6.37. The molecule has 0 atom stereocenters. The van der Waals surface area contributed by atoms with Crippen LogP contribution in [0.4, 0.5) is 0 Å². The predicted octanol–water partition coefficient (Wildman–Crippen LogP) is -0.338. The Morgan fingerprint density at radius 2 is 1.89 bits per heavy atom. The minimum absolute atomic E-state index is 0.898. The SMILES string of the molecule is CCNCNCN(C)C. The van der Waals surface area contributed by atoms with Gasteiger partial charge >= 0.3 is 0 Å². The van der Waals surface area contributed by atoms with Crippen LogP contribution >= 0.6 is 0 Å². The van der Waals surface area contributed by atoms with Crippen LogP contribution in [0, 0.1) is 0 Å². The third-order valence-corrected chi connectivity index (χ3v) is 0.928. The molecule has 0 unspecified atom stereocenters. The van der Waals surface area contributed by atoms with Crippen molar-refractivity contribution in [3.8, 4) is 0 Å². The summed E-state index contributed by atoms with van der Waals surface area (Å²) >= 11 is 0. The first-order chi connectivity index (χ1) is 4.27.